The van der Waals surface area contributed by atoms with Crippen molar-refractivity contribution in [3.63, 3.8) is 0 Å². The van der Waals surface area contributed by atoms with Gasteiger partial charge in [0.15, 0.2) is 0 Å². The second kappa shape index (κ2) is 6.56. The fraction of sp³-hybridized carbons (Fsp3) is 0.529. The third-order valence-electron chi connectivity index (χ3n) is 4.08. The summed E-state index contributed by atoms with van der Waals surface area (Å²) in [5.74, 6) is -0.373. The van der Waals surface area contributed by atoms with E-state index in [4.69, 9.17) is 0 Å². The molecule has 5 nitrogen and oxygen atoms in total. The molecule has 0 spiro atoms. The number of hydrogen-bond donors (Lipinski definition) is 1. The van der Waals surface area contributed by atoms with Crippen molar-refractivity contribution in [1.82, 2.24) is 9.80 Å². The van der Waals surface area contributed by atoms with Crippen LogP contribution in [0, 0.1) is 5.82 Å². The molecule has 2 amide bonds. The van der Waals surface area contributed by atoms with Crippen LogP contribution in [0.1, 0.15) is 39.2 Å². The van der Waals surface area contributed by atoms with E-state index in [0.717, 1.165) is 5.56 Å². The first kappa shape index (κ1) is 17.2. The van der Waals surface area contributed by atoms with Crippen LogP contribution in [-0.2, 0) is 11.3 Å². The van der Waals surface area contributed by atoms with E-state index in [1.807, 2.05) is 20.8 Å². The molecule has 1 heterocycles. The molecule has 1 N–H and O–H groups in total. The summed E-state index contributed by atoms with van der Waals surface area (Å²) < 4.78 is 12.9. The second-order valence-electron chi connectivity index (χ2n) is 6.91. The molecule has 1 aromatic rings. The van der Waals surface area contributed by atoms with Gasteiger partial charge in [0.25, 0.3) is 0 Å². The normalized spacial score (nSPS) is 18.9. The van der Waals surface area contributed by atoms with Gasteiger partial charge in [0.05, 0.1) is 0 Å². The summed E-state index contributed by atoms with van der Waals surface area (Å²) in [5, 5.41) is 9.44. The van der Waals surface area contributed by atoms with Crippen LogP contribution in [0.4, 0.5) is 9.18 Å². The number of nitrogens with zero attached hydrogens (tertiary/aromatic N) is 2. The summed E-state index contributed by atoms with van der Waals surface area (Å²) in [6.45, 7) is 6.42. The molecule has 0 radical (unpaired) electrons. The SMILES string of the molecule is CC(C)(C)N(C(=O)O)C1CCN(Cc2ccc(F)cc2)C(=O)C1. The van der Waals surface area contributed by atoms with E-state index in [0.29, 0.717) is 19.5 Å². The third-order valence-corrected chi connectivity index (χ3v) is 4.08. The van der Waals surface area contributed by atoms with Crippen LogP contribution in [0.5, 0.6) is 0 Å². The molecule has 1 aliphatic rings. The smallest absolute Gasteiger partial charge is 0.407 e. The Morgan fingerprint density at radius 1 is 1.35 bits per heavy atom. The van der Waals surface area contributed by atoms with E-state index in [-0.39, 0.29) is 24.2 Å². The first-order valence-corrected chi connectivity index (χ1v) is 7.73. The van der Waals surface area contributed by atoms with Gasteiger partial charge in [-0.1, -0.05) is 12.1 Å². The zero-order valence-corrected chi connectivity index (χ0v) is 13.8. The van der Waals surface area contributed by atoms with Gasteiger partial charge < -0.3 is 10.0 Å². The average Bonchev–Trinajstić information content (AvgIpc) is 2.42. The molecular formula is C17H23FN2O3. The van der Waals surface area contributed by atoms with E-state index < -0.39 is 11.6 Å². The molecule has 1 aromatic carbocycles. The predicted octanol–water partition coefficient (Wildman–Crippen LogP) is 3.10. The molecule has 1 aliphatic heterocycles. The van der Waals surface area contributed by atoms with E-state index >= 15 is 0 Å². The highest BCUT2D eigenvalue weighted by Crippen LogP contribution is 2.26. The zero-order valence-electron chi connectivity index (χ0n) is 13.8. The highest BCUT2D eigenvalue weighted by atomic mass is 19.1. The number of likely N-dealkylation sites (tertiary alicyclic amines) is 1. The van der Waals surface area contributed by atoms with Crippen LogP contribution in [0.25, 0.3) is 0 Å². The Morgan fingerprint density at radius 3 is 2.43 bits per heavy atom. The summed E-state index contributed by atoms with van der Waals surface area (Å²) >= 11 is 0. The topological polar surface area (TPSA) is 60.9 Å². The minimum atomic E-state index is -0.998. The van der Waals surface area contributed by atoms with Crippen molar-refractivity contribution in [3.8, 4) is 0 Å². The van der Waals surface area contributed by atoms with Crippen molar-refractivity contribution in [3.05, 3.63) is 35.6 Å². The summed E-state index contributed by atoms with van der Waals surface area (Å²) in [5.41, 5.74) is 0.319. The lowest BCUT2D eigenvalue weighted by Crippen LogP contribution is -2.55. The maximum absolute atomic E-state index is 12.9. The summed E-state index contributed by atoms with van der Waals surface area (Å²) in [7, 11) is 0. The number of rotatable bonds is 3. The minimum Gasteiger partial charge on any atom is -0.465 e. The summed E-state index contributed by atoms with van der Waals surface area (Å²) in [6.07, 6.45) is -0.205. The third kappa shape index (κ3) is 4.21. The Hall–Kier alpha value is -2.11. The molecule has 6 heteroatoms. The van der Waals surface area contributed by atoms with E-state index in [2.05, 4.69) is 0 Å². The molecule has 0 aliphatic carbocycles. The van der Waals surface area contributed by atoms with Crippen molar-refractivity contribution in [2.45, 2.75) is 51.7 Å². The number of amides is 2. The number of carbonyl (C=O) groups excluding carboxylic acids is 1. The minimum absolute atomic E-state index is 0.0684. The summed E-state index contributed by atoms with van der Waals surface area (Å²) in [6, 6.07) is 5.77. The van der Waals surface area contributed by atoms with Crippen LogP contribution >= 0.6 is 0 Å². The monoisotopic (exact) mass is 322 g/mol. The molecule has 0 bridgehead atoms. The molecule has 0 saturated carbocycles. The largest absolute Gasteiger partial charge is 0.465 e. The number of carbonyl (C=O) groups is 2. The Labute approximate surface area is 135 Å². The van der Waals surface area contributed by atoms with Crippen LogP contribution in [0.15, 0.2) is 24.3 Å². The summed E-state index contributed by atoms with van der Waals surface area (Å²) in [4.78, 5) is 27.0. The van der Waals surface area contributed by atoms with Gasteiger partial charge in [-0.15, -0.1) is 0 Å². The lowest BCUT2D eigenvalue weighted by Gasteiger charge is -2.43. The lowest BCUT2D eigenvalue weighted by molar-refractivity contribution is -0.136. The van der Waals surface area contributed by atoms with E-state index in [9.17, 15) is 19.1 Å². The molecule has 1 atom stereocenters. The van der Waals surface area contributed by atoms with Crippen LogP contribution < -0.4 is 0 Å². The molecule has 1 unspecified atom stereocenters. The Morgan fingerprint density at radius 2 is 1.96 bits per heavy atom. The zero-order chi connectivity index (χ0) is 17.2. The van der Waals surface area contributed by atoms with Crippen molar-refractivity contribution in [1.29, 1.82) is 0 Å². The van der Waals surface area contributed by atoms with Gasteiger partial charge in [-0.2, -0.15) is 0 Å². The molecule has 1 saturated heterocycles. The van der Waals surface area contributed by atoms with Gasteiger partial charge in [-0.05, 0) is 44.9 Å². The van der Waals surface area contributed by atoms with Crippen LogP contribution in [-0.4, -0.2) is 45.0 Å². The number of hydrogen-bond acceptors (Lipinski definition) is 2. The number of carboxylic acid groups (broad SMARTS) is 1. The van der Waals surface area contributed by atoms with Gasteiger partial charge >= 0.3 is 6.09 Å². The molecule has 126 valence electrons. The second-order valence-corrected chi connectivity index (χ2v) is 6.91. The molecular weight excluding hydrogens is 299 g/mol. The van der Waals surface area contributed by atoms with Crippen molar-refractivity contribution >= 4 is 12.0 Å². The number of halogens is 1. The van der Waals surface area contributed by atoms with Crippen LogP contribution in [0.3, 0.4) is 0 Å². The van der Waals surface area contributed by atoms with Crippen molar-refractivity contribution in [2.75, 3.05) is 6.54 Å². The quantitative estimate of drug-likeness (QED) is 0.930. The highest BCUT2D eigenvalue weighted by molar-refractivity contribution is 5.78. The van der Waals surface area contributed by atoms with E-state index in [1.165, 1.54) is 17.0 Å². The van der Waals surface area contributed by atoms with Gasteiger partial charge in [0.2, 0.25) is 5.91 Å². The number of benzene rings is 1. The molecule has 1 fully saturated rings. The molecule has 0 aromatic heterocycles. The fourth-order valence-electron chi connectivity index (χ4n) is 3.05. The average molecular weight is 322 g/mol. The highest BCUT2D eigenvalue weighted by Gasteiger charge is 2.37. The van der Waals surface area contributed by atoms with Crippen molar-refractivity contribution < 1.29 is 19.1 Å². The Kier molecular flexibility index (Phi) is 4.92. The van der Waals surface area contributed by atoms with Crippen molar-refractivity contribution in [2.24, 2.45) is 0 Å². The van der Waals surface area contributed by atoms with E-state index in [1.54, 1.807) is 17.0 Å². The van der Waals surface area contributed by atoms with Crippen LogP contribution in [0.2, 0.25) is 0 Å². The fourth-order valence-corrected chi connectivity index (χ4v) is 3.05. The Bertz CT molecular complexity index is 580. The Balaban J connectivity index is 2.03. The molecule has 23 heavy (non-hydrogen) atoms. The first-order valence-electron chi connectivity index (χ1n) is 7.73. The van der Waals surface area contributed by atoms with Gasteiger partial charge in [0.1, 0.15) is 5.82 Å². The lowest BCUT2D eigenvalue weighted by atomic mass is 9.96. The molecule has 2 rings (SSSR count). The standard InChI is InChI=1S/C17H23FN2O3/c1-17(2,3)20(16(22)23)14-8-9-19(15(21)10-14)11-12-4-6-13(18)7-5-12/h4-7,14H,8-11H2,1-3H3,(H,22,23). The maximum atomic E-state index is 12.9. The first-order chi connectivity index (χ1) is 10.7. The maximum Gasteiger partial charge on any atom is 0.407 e. The van der Waals surface area contributed by atoms with Gasteiger partial charge in [-0.25, -0.2) is 9.18 Å². The predicted molar refractivity (Wildman–Crippen MR) is 84.5 cm³/mol. The van der Waals surface area contributed by atoms with Gasteiger partial charge in [0, 0.05) is 31.1 Å². The number of piperidine rings is 1. The van der Waals surface area contributed by atoms with Gasteiger partial charge in [-0.3, -0.25) is 9.69 Å².